The fraction of sp³-hybridized carbons (Fsp3) is 0.273. The maximum absolute atomic E-state index is 10.8. The van der Waals surface area contributed by atoms with Crippen LogP contribution in [0.4, 0.5) is 5.69 Å². The zero-order chi connectivity index (χ0) is 11.4. The first-order valence-electron chi connectivity index (χ1n) is 4.47. The number of Topliss-reactive ketones (excluding diaryl/α,β-unsaturated/α-hetero) is 1. The summed E-state index contributed by atoms with van der Waals surface area (Å²) in [6.45, 7) is 3.33. The summed E-state index contributed by atoms with van der Waals surface area (Å²) in [6.07, 6.45) is 0.346. The Morgan fingerprint density at radius 2 is 2.00 bits per heavy atom. The molecule has 1 aromatic rings. The van der Waals surface area contributed by atoms with E-state index in [9.17, 15) is 4.79 Å². The zero-order valence-corrected chi connectivity index (χ0v) is 10.1. The molecule has 15 heavy (non-hydrogen) atoms. The van der Waals surface area contributed by atoms with Crippen molar-refractivity contribution in [2.45, 2.75) is 20.3 Å². The van der Waals surface area contributed by atoms with Crippen LogP contribution in [-0.2, 0) is 4.79 Å². The normalized spacial score (nSPS) is 11.6. The molecule has 0 saturated carbocycles. The van der Waals surface area contributed by atoms with Crippen molar-refractivity contribution in [3.63, 3.8) is 0 Å². The Morgan fingerprint density at radius 3 is 2.53 bits per heavy atom. The number of benzene rings is 1. The van der Waals surface area contributed by atoms with E-state index in [1.807, 2.05) is 0 Å². The van der Waals surface area contributed by atoms with Gasteiger partial charge in [0.25, 0.3) is 0 Å². The molecule has 0 saturated heterocycles. The van der Waals surface area contributed by atoms with Crippen molar-refractivity contribution >= 4 is 40.4 Å². The number of aliphatic imine (C=N–C) groups is 1. The second-order valence-electron chi connectivity index (χ2n) is 3.32. The van der Waals surface area contributed by atoms with Gasteiger partial charge in [0.1, 0.15) is 5.78 Å². The van der Waals surface area contributed by atoms with Crippen LogP contribution in [0.25, 0.3) is 0 Å². The minimum Gasteiger partial charge on any atom is -0.300 e. The molecule has 1 rings (SSSR count). The van der Waals surface area contributed by atoms with Crippen molar-refractivity contribution in [1.29, 1.82) is 0 Å². The number of rotatable bonds is 3. The number of ketones is 1. The van der Waals surface area contributed by atoms with Crippen LogP contribution in [0.5, 0.6) is 0 Å². The summed E-state index contributed by atoms with van der Waals surface area (Å²) in [5, 5.41) is 1.06. The van der Waals surface area contributed by atoms with E-state index in [-0.39, 0.29) is 5.78 Å². The molecule has 0 aliphatic heterocycles. The van der Waals surface area contributed by atoms with Crippen molar-refractivity contribution < 1.29 is 4.79 Å². The van der Waals surface area contributed by atoms with Crippen LogP contribution in [0.15, 0.2) is 23.2 Å². The number of carbonyl (C=O) groups excluding carboxylic acids is 1. The summed E-state index contributed by atoms with van der Waals surface area (Å²) in [4.78, 5) is 15.1. The van der Waals surface area contributed by atoms with Crippen LogP contribution in [0.1, 0.15) is 20.3 Å². The average molecular weight is 244 g/mol. The third-order valence-electron chi connectivity index (χ3n) is 1.73. The lowest BCUT2D eigenvalue weighted by Gasteiger charge is -2.01. The van der Waals surface area contributed by atoms with Crippen molar-refractivity contribution in [3.05, 3.63) is 28.2 Å². The van der Waals surface area contributed by atoms with E-state index in [0.29, 0.717) is 22.2 Å². The molecule has 0 unspecified atom stereocenters. The van der Waals surface area contributed by atoms with Gasteiger partial charge in [-0.25, -0.2) is 0 Å². The van der Waals surface area contributed by atoms with E-state index in [2.05, 4.69) is 4.99 Å². The minimum atomic E-state index is 0.0846. The van der Waals surface area contributed by atoms with Crippen molar-refractivity contribution in [3.8, 4) is 0 Å². The van der Waals surface area contributed by atoms with Gasteiger partial charge in [0.2, 0.25) is 0 Å². The highest BCUT2D eigenvalue weighted by atomic mass is 35.5. The molecule has 2 nitrogen and oxygen atoms in total. The van der Waals surface area contributed by atoms with Crippen LogP contribution in [-0.4, -0.2) is 11.5 Å². The van der Waals surface area contributed by atoms with Crippen molar-refractivity contribution in [2.24, 2.45) is 4.99 Å². The maximum atomic E-state index is 10.8. The summed E-state index contributed by atoms with van der Waals surface area (Å²) < 4.78 is 0. The van der Waals surface area contributed by atoms with Gasteiger partial charge in [0, 0.05) is 17.2 Å². The third kappa shape index (κ3) is 4.02. The van der Waals surface area contributed by atoms with Gasteiger partial charge in [-0.3, -0.25) is 9.79 Å². The lowest BCUT2D eigenvalue weighted by atomic mass is 10.2. The molecule has 0 bridgehead atoms. The van der Waals surface area contributed by atoms with Crippen LogP contribution >= 0.6 is 23.2 Å². The first-order valence-corrected chi connectivity index (χ1v) is 5.23. The van der Waals surface area contributed by atoms with Gasteiger partial charge < -0.3 is 0 Å². The van der Waals surface area contributed by atoms with E-state index in [0.717, 1.165) is 5.71 Å². The van der Waals surface area contributed by atoms with Crippen molar-refractivity contribution in [2.75, 3.05) is 0 Å². The summed E-state index contributed by atoms with van der Waals surface area (Å²) in [5.74, 6) is 0.0846. The average Bonchev–Trinajstić information content (AvgIpc) is 2.08. The summed E-state index contributed by atoms with van der Waals surface area (Å²) in [6, 6.07) is 5.07. The summed E-state index contributed by atoms with van der Waals surface area (Å²) in [5.41, 5.74) is 1.38. The highest BCUT2D eigenvalue weighted by Gasteiger charge is 2.02. The molecule has 1 aromatic carbocycles. The second kappa shape index (κ2) is 5.29. The number of nitrogens with zero attached hydrogens (tertiary/aromatic N) is 1. The molecule has 0 radical (unpaired) electrons. The number of carbonyl (C=O) groups is 1. The van der Waals surface area contributed by atoms with Crippen LogP contribution in [0.2, 0.25) is 10.0 Å². The van der Waals surface area contributed by atoms with E-state index in [4.69, 9.17) is 23.2 Å². The highest BCUT2D eigenvalue weighted by molar-refractivity contribution is 6.36. The number of halogens is 2. The predicted octanol–water partition coefficient (Wildman–Crippen LogP) is 4.06. The van der Waals surface area contributed by atoms with Gasteiger partial charge in [-0.2, -0.15) is 0 Å². The Bertz CT molecular complexity index is 413. The van der Waals surface area contributed by atoms with E-state index in [1.54, 1.807) is 25.1 Å². The second-order valence-corrected chi connectivity index (χ2v) is 4.17. The molecule has 0 heterocycles. The standard InChI is InChI=1S/C11H11Cl2NO/c1-7(5-8(2)15)14-11-4-3-9(12)6-10(11)13/h3-4,6H,5H2,1-2H3/b14-7+. The van der Waals surface area contributed by atoms with Crippen LogP contribution in [0, 0.1) is 0 Å². The van der Waals surface area contributed by atoms with Crippen LogP contribution in [0.3, 0.4) is 0 Å². The molecular formula is C11H11Cl2NO. The Hall–Kier alpha value is -0.860. The van der Waals surface area contributed by atoms with Gasteiger partial charge in [-0.15, -0.1) is 0 Å². The maximum Gasteiger partial charge on any atom is 0.135 e. The van der Waals surface area contributed by atoms with Gasteiger partial charge in [-0.05, 0) is 32.0 Å². The monoisotopic (exact) mass is 243 g/mol. The number of hydrogen-bond donors (Lipinski definition) is 0. The lowest BCUT2D eigenvalue weighted by Crippen LogP contribution is -1.99. The van der Waals surface area contributed by atoms with Gasteiger partial charge in [-0.1, -0.05) is 23.2 Å². The molecule has 0 atom stereocenters. The molecule has 0 aromatic heterocycles. The topological polar surface area (TPSA) is 29.4 Å². The Kier molecular flexibility index (Phi) is 4.30. The van der Waals surface area contributed by atoms with Gasteiger partial charge >= 0.3 is 0 Å². The van der Waals surface area contributed by atoms with Crippen LogP contribution < -0.4 is 0 Å². The molecule has 4 heteroatoms. The largest absolute Gasteiger partial charge is 0.300 e. The fourth-order valence-corrected chi connectivity index (χ4v) is 1.63. The smallest absolute Gasteiger partial charge is 0.135 e. The SMILES string of the molecule is CC(=O)C/C(C)=N/c1ccc(Cl)cc1Cl. The Balaban J connectivity index is 2.92. The first kappa shape index (κ1) is 12.2. The lowest BCUT2D eigenvalue weighted by molar-refractivity contribution is -0.115. The fourth-order valence-electron chi connectivity index (χ4n) is 1.18. The predicted molar refractivity (Wildman–Crippen MR) is 64.5 cm³/mol. The quantitative estimate of drug-likeness (QED) is 0.737. The van der Waals surface area contributed by atoms with Gasteiger partial charge in [0.15, 0.2) is 0 Å². The minimum absolute atomic E-state index is 0.0846. The molecule has 0 N–H and O–H groups in total. The molecule has 0 amide bonds. The molecule has 80 valence electrons. The van der Waals surface area contributed by atoms with E-state index < -0.39 is 0 Å². The molecule has 0 aliphatic carbocycles. The number of hydrogen-bond acceptors (Lipinski definition) is 2. The molecule has 0 spiro atoms. The van der Waals surface area contributed by atoms with E-state index in [1.165, 1.54) is 6.92 Å². The molecule has 0 fully saturated rings. The molecule has 0 aliphatic rings. The zero-order valence-electron chi connectivity index (χ0n) is 8.55. The first-order chi connectivity index (χ1) is 6.99. The van der Waals surface area contributed by atoms with E-state index >= 15 is 0 Å². The van der Waals surface area contributed by atoms with Gasteiger partial charge in [0.05, 0.1) is 10.7 Å². The summed E-state index contributed by atoms with van der Waals surface area (Å²) >= 11 is 11.7. The Labute approximate surface area is 98.9 Å². The molecular weight excluding hydrogens is 233 g/mol. The highest BCUT2D eigenvalue weighted by Crippen LogP contribution is 2.28. The summed E-state index contributed by atoms with van der Waals surface area (Å²) in [7, 11) is 0. The third-order valence-corrected chi connectivity index (χ3v) is 2.26. The Morgan fingerprint density at radius 1 is 1.33 bits per heavy atom. The van der Waals surface area contributed by atoms with Crippen molar-refractivity contribution in [1.82, 2.24) is 0 Å².